The van der Waals surface area contributed by atoms with Gasteiger partial charge in [-0.1, -0.05) is 6.92 Å². The van der Waals surface area contributed by atoms with Gasteiger partial charge in [0.25, 0.3) is 0 Å². The van der Waals surface area contributed by atoms with Gasteiger partial charge < -0.3 is 88.4 Å². The number of aliphatic hydroxyl groups excluding tert-OH is 3. The van der Waals surface area contributed by atoms with Crippen LogP contribution in [0, 0.1) is 0 Å². The number of ether oxygens (including phenoxy) is 6. The van der Waals surface area contributed by atoms with E-state index in [0.717, 1.165) is 58.7 Å². The molecule has 4 aliphatic heterocycles. The van der Waals surface area contributed by atoms with Gasteiger partial charge in [0, 0.05) is 39.3 Å². The second-order valence-corrected chi connectivity index (χ2v) is 12.9. The third-order valence-electron chi connectivity index (χ3n) is 9.25. The molecule has 0 radical (unpaired) electrons. The Labute approximate surface area is 277 Å². The maximum absolute atomic E-state index is 10.9. The minimum Gasteiger partial charge on any atom is -0.390 e. The molecule has 4 fully saturated rings. The molecule has 4 heterocycles. The smallest absolute Gasteiger partial charge is 0.186 e. The normalized spacial score (nSPS) is 44.1. The van der Waals surface area contributed by atoms with Gasteiger partial charge in [0.05, 0.1) is 43.2 Å². The van der Waals surface area contributed by atoms with Crippen molar-refractivity contribution in [1.82, 2.24) is 20.9 Å². The van der Waals surface area contributed by atoms with Crippen LogP contribution in [0.2, 0.25) is 0 Å². The van der Waals surface area contributed by atoms with Crippen LogP contribution in [0.1, 0.15) is 32.6 Å². The first-order chi connectivity index (χ1) is 22.6. The maximum Gasteiger partial charge on any atom is 0.186 e. The van der Waals surface area contributed by atoms with Crippen molar-refractivity contribution in [1.29, 1.82) is 0 Å². The molecule has 0 amide bonds. The molecule has 47 heavy (non-hydrogen) atoms. The zero-order valence-electron chi connectivity index (χ0n) is 27.6. The van der Waals surface area contributed by atoms with Crippen LogP contribution in [0.4, 0.5) is 0 Å². The molecule has 0 aromatic carbocycles. The summed E-state index contributed by atoms with van der Waals surface area (Å²) in [5, 5.41) is 42.2. The van der Waals surface area contributed by atoms with Gasteiger partial charge in [-0.15, -0.1) is 0 Å². The van der Waals surface area contributed by atoms with Crippen LogP contribution >= 0.6 is 0 Å². The largest absolute Gasteiger partial charge is 0.390 e. The Hall–Kier alpha value is -0.720. The van der Waals surface area contributed by atoms with Crippen LogP contribution in [-0.2, 0) is 28.4 Å². The van der Waals surface area contributed by atoms with E-state index in [4.69, 9.17) is 57.1 Å². The fourth-order valence-corrected chi connectivity index (χ4v) is 6.36. The molecule has 0 aromatic heterocycles. The average Bonchev–Trinajstić information content (AvgIpc) is 3.05. The highest BCUT2D eigenvalue weighted by Gasteiger charge is 2.52. The lowest BCUT2D eigenvalue weighted by atomic mass is 9.95. The van der Waals surface area contributed by atoms with Crippen LogP contribution in [0.3, 0.4) is 0 Å². The second-order valence-electron chi connectivity index (χ2n) is 12.9. The zero-order valence-corrected chi connectivity index (χ0v) is 27.6. The fourth-order valence-electron chi connectivity index (χ4n) is 6.36. The summed E-state index contributed by atoms with van der Waals surface area (Å²) in [6.07, 6.45) is -9.52. The summed E-state index contributed by atoms with van der Waals surface area (Å²) in [4.78, 5) is 2.17. The number of nitrogens with zero attached hydrogens (tertiary/aromatic N) is 1. The SMILES string of the molecule is CC[C@H]1OC(OC2[C@H](N)OC(N)[C@@H](O[C@H]3OC(CN)[C@@H](O)CC3N)[C@@H]2OCN2CCCNCCNCCCNCC2)[C@H](O)[C@H](N)C1O. The summed E-state index contributed by atoms with van der Waals surface area (Å²) in [5.41, 5.74) is 31.2. The van der Waals surface area contributed by atoms with Gasteiger partial charge in [-0.2, -0.15) is 0 Å². The number of rotatable bonds is 9. The molecule has 0 aromatic rings. The molecule has 16 N–H and O–H groups in total. The summed E-state index contributed by atoms with van der Waals surface area (Å²) in [6, 6.07) is -1.71. The highest BCUT2D eigenvalue weighted by atomic mass is 16.7. The molecule has 14 atom stereocenters. The van der Waals surface area contributed by atoms with Gasteiger partial charge in [0.2, 0.25) is 0 Å². The van der Waals surface area contributed by atoms with Gasteiger partial charge in [-0.05, 0) is 45.3 Å². The highest BCUT2D eigenvalue weighted by molar-refractivity contribution is 4.97. The van der Waals surface area contributed by atoms with E-state index < -0.39 is 86.0 Å². The Kier molecular flexibility index (Phi) is 16.3. The molecule has 4 saturated heterocycles. The van der Waals surface area contributed by atoms with E-state index in [1.165, 1.54) is 0 Å². The number of hydrogen-bond acceptors (Lipinski definition) is 18. The van der Waals surface area contributed by atoms with E-state index in [-0.39, 0.29) is 19.7 Å². The van der Waals surface area contributed by atoms with Crippen LogP contribution in [0.25, 0.3) is 0 Å². The van der Waals surface area contributed by atoms with Crippen molar-refractivity contribution in [2.45, 2.75) is 119 Å². The first-order valence-corrected chi connectivity index (χ1v) is 17.1. The van der Waals surface area contributed by atoms with Crippen LogP contribution in [0.15, 0.2) is 0 Å². The van der Waals surface area contributed by atoms with Crippen molar-refractivity contribution in [3.05, 3.63) is 0 Å². The number of hydrogen-bond donors (Lipinski definition) is 11. The molecule has 18 nitrogen and oxygen atoms in total. The standard InChI is InChI=1S/C29H61N9O9/c1-2-18-21(40)20(32)22(41)29(43-18)46-25-23(42-15-38-11-4-7-36-9-8-35-5-3-6-37-10-12-38)24(26(33)47-27(25)34)45-28-16(31)13-17(39)19(14-30)44-28/h16-29,35-37,39-41H,2-15,30-34H2,1H3/t16?,17-,18+,19?,20+,21?,22+,23-,24-,25?,26?,27+,28+,29?/m0/s1. The van der Waals surface area contributed by atoms with Crippen LogP contribution in [-0.4, -0.2) is 172 Å². The van der Waals surface area contributed by atoms with E-state index in [9.17, 15) is 15.3 Å². The molecular weight excluding hydrogens is 618 g/mol. The van der Waals surface area contributed by atoms with Crippen LogP contribution < -0.4 is 44.6 Å². The van der Waals surface area contributed by atoms with E-state index in [1.54, 1.807) is 0 Å². The zero-order chi connectivity index (χ0) is 33.9. The molecule has 276 valence electrons. The Morgan fingerprint density at radius 1 is 0.723 bits per heavy atom. The molecule has 6 unspecified atom stereocenters. The summed E-state index contributed by atoms with van der Waals surface area (Å²) in [5.74, 6) is 0. The minimum atomic E-state index is -1.37. The molecule has 18 heteroatoms. The predicted octanol–water partition coefficient (Wildman–Crippen LogP) is -5.49. The topological polar surface area (TPSA) is 286 Å². The minimum absolute atomic E-state index is 0.0630. The van der Waals surface area contributed by atoms with Crippen molar-refractivity contribution in [3.63, 3.8) is 0 Å². The van der Waals surface area contributed by atoms with E-state index in [0.29, 0.717) is 13.0 Å². The summed E-state index contributed by atoms with van der Waals surface area (Å²) in [7, 11) is 0. The van der Waals surface area contributed by atoms with Crippen molar-refractivity contribution < 1.29 is 43.7 Å². The van der Waals surface area contributed by atoms with E-state index in [2.05, 4.69) is 20.9 Å². The van der Waals surface area contributed by atoms with Crippen molar-refractivity contribution in [2.24, 2.45) is 28.7 Å². The maximum atomic E-state index is 10.9. The van der Waals surface area contributed by atoms with Crippen LogP contribution in [0.5, 0.6) is 0 Å². The molecule has 0 aliphatic carbocycles. The van der Waals surface area contributed by atoms with Gasteiger partial charge in [0.15, 0.2) is 12.6 Å². The fraction of sp³-hybridized carbons (Fsp3) is 1.00. The van der Waals surface area contributed by atoms with Gasteiger partial charge >= 0.3 is 0 Å². The van der Waals surface area contributed by atoms with Gasteiger partial charge in [0.1, 0.15) is 36.9 Å². The predicted molar refractivity (Wildman–Crippen MR) is 171 cm³/mol. The van der Waals surface area contributed by atoms with Crippen molar-refractivity contribution in [2.75, 3.05) is 65.6 Å². The molecular formula is C29H61N9O9. The van der Waals surface area contributed by atoms with Crippen molar-refractivity contribution in [3.8, 4) is 0 Å². The lowest BCUT2D eigenvalue weighted by Crippen LogP contribution is -2.69. The number of nitrogens with one attached hydrogen (secondary N) is 3. The van der Waals surface area contributed by atoms with Gasteiger partial charge in [-0.25, -0.2) is 0 Å². The molecule has 0 spiro atoms. The molecule has 0 bridgehead atoms. The average molecular weight is 680 g/mol. The first-order valence-electron chi connectivity index (χ1n) is 17.1. The summed E-state index contributed by atoms with van der Waals surface area (Å²) in [6.45, 7) is 8.81. The number of aliphatic hydroxyl groups is 3. The monoisotopic (exact) mass is 679 g/mol. The number of nitrogens with two attached hydrogens (primary N) is 5. The lowest BCUT2D eigenvalue weighted by molar-refractivity contribution is -0.348. The van der Waals surface area contributed by atoms with Gasteiger partial charge in [-0.3, -0.25) is 4.90 Å². The second kappa shape index (κ2) is 19.6. The quantitative estimate of drug-likeness (QED) is 0.108. The Balaban J connectivity index is 1.53. The third kappa shape index (κ3) is 10.9. The third-order valence-corrected chi connectivity index (χ3v) is 9.25. The Morgan fingerprint density at radius 3 is 2.00 bits per heavy atom. The van der Waals surface area contributed by atoms with E-state index >= 15 is 0 Å². The molecule has 0 saturated carbocycles. The summed E-state index contributed by atoms with van der Waals surface area (Å²) < 4.78 is 37.0. The summed E-state index contributed by atoms with van der Waals surface area (Å²) >= 11 is 0. The van der Waals surface area contributed by atoms with E-state index in [1.807, 2.05) is 6.92 Å². The lowest BCUT2D eigenvalue weighted by Gasteiger charge is -2.49. The molecule has 4 rings (SSSR count). The molecule has 4 aliphatic rings. The first kappa shape index (κ1) is 39.1. The highest BCUT2D eigenvalue weighted by Crippen LogP contribution is 2.32. The van der Waals surface area contributed by atoms with Crippen molar-refractivity contribution >= 4 is 0 Å². The Bertz CT molecular complexity index is 875. The Morgan fingerprint density at radius 2 is 1.34 bits per heavy atom.